The fourth-order valence-corrected chi connectivity index (χ4v) is 3.15. The molecule has 0 bridgehead atoms. The van der Waals surface area contributed by atoms with Crippen molar-refractivity contribution in [2.24, 2.45) is 0 Å². The van der Waals surface area contributed by atoms with E-state index in [-0.39, 0.29) is 5.82 Å². The second-order valence-electron chi connectivity index (χ2n) is 5.30. The largest absolute Gasteiger partial charge is 0.489 e. The molecule has 0 amide bonds. The lowest BCUT2D eigenvalue weighted by molar-refractivity contribution is 0.312. The summed E-state index contributed by atoms with van der Waals surface area (Å²) in [7, 11) is 0. The van der Waals surface area contributed by atoms with E-state index in [1.807, 2.05) is 23.2 Å². The van der Waals surface area contributed by atoms with Crippen LogP contribution < -0.4 is 9.64 Å². The molecule has 0 aliphatic carbocycles. The van der Waals surface area contributed by atoms with Gasteiger partial charge in [-0.3, -0.25) is 0 Å². The van der Waals surface area contributed by atoms with E-state index in [0.717, 1.165) is 26.9 Å². The summed E-state index contributed by atoms with van der Waals surface area (Å²) in [5.74, 6) is 0.241. The molecule has 0 unspecified atom stereocenters. The highest BCUT2D eigenvalue weighted by molar-refractivity contribution is 9.10. The molecule has 3 heterocycles. The molecule has 1 aliphatic rings. The van der Waals surface area contributed by atoms with Crippen molar-refractivity contribution in [3.8, 4) is 5.75 Å². The van der Waals surface area contributed by atoms with Crippen LogP contribution in [-0.4, -0.2) is 22.8 Å². The van der Waals surface area contributed by atoms with Crippen molar-refractivity contribution < 1.29 is 9.13 Å². The smallest absolute Gasteiger partial charge is 0.145 e. The summed E-state index contributed by atoms with van der Waals surface area (Å²) in [6.45, 7) is 5.39. The van der Waals surface area contributed by atoms with Gasteiger partial charge in [0.15, 0.2) is 0 Å². The fraction of sp³-hybridized carbons (Fsp3) is 0.118. The molecule has 1 aromatic carbocycles. The molecule has 0 N–H and O–H groups in total. The van der Waals surface area contributed by atoms with Crippen LogP contribution in [0.15, 0.2) is 53.8 Å². The summed E-state index contributed by atoms with van der Waals surface area (Å²) in [4.78, 5) is 2.05. The lowest BCUT2D eigenvalue weighted by Gasteiger charge is -2.32. The van der Waals surface area contributed by atoms with Crippen LogP contribution in [0.2, 0.25) is 0 Å². The van der Waals surface area contributed by atoms with Crippen LogP contribution in [-0.2, 0) is 0 Å². The van der Waals surface area contributed by atoms with Crippen LogP contribution in [0, 0.1) is 5.82 Å². The normalized spacial score (nSPS) is 13.7. The molecule has 116 valence electrons. The van der Waals surface area contributed by atoms with Crippen molar-refractivity contribution >= 4 is 32.8 Å². The number of rotatable bonds is 2. The number of nitrogens with zero attached hydrogens (tertiary/aromatic N) is 3. The van der Waals surface area contributed by atoms with Crippen LogP contribution in [0.25, 0.3) is 11.2 Å². The van der Waals surface area contributed by atoms with Gasteiger partial charge < -0.3 is 9.64 Å². The van der Waals surface area contributed by atoms with Gasteiger partial charge in [-0.05, 0) is 40.2 Å². The summed E-state index contributed by atoms with van der Waals surface area (Å²) >= 11 is 3.49. The average Bonchev–Trinajstić information content (AvgIpc) is 2.94. The molecule has 3 aromatic rings. The van der Waals surface area contributed by atoms with Crippen LogP contribution in [0.4, 0.5) is 10.1 Å². The number of halogens is 2. The van der Waals surface area contributed by atoms with Crippen molar-refractivity contribution in [1.82, 2.24) is 9.61 Å². The summed E-state index contributed by atoms with van der Waals surface area (Å²) in [6, 6.07) is 8.56. The fourth-order valence-electron chi connectivity index (χ4n) is 2.76. The van der Waals surface area contributed by atoms with Crippen LogP contribution >= 0.6 is 15.9 Å². The minimum atomic E-state index is -0.305. The maximum absolute atomic E-state index is 13.4. The van der Waals surface area contributed by atoms with Crippen LogP contribution in [0.3, 0.4) is 0 Å². The Morgan fingerprint density at radius 3 is 3.04 bits per heavy atom. The number of aromatic nitrogens is 2. The van der Waals surface area contributed by atoms with E-state index >= 15 is 0 Å². The van der Waals surface area contributed by atoms with E-state index in [2.05, 4.69) is 27.6 Å². The number of pyridine rings is 1. The lowest BCUT2D eigenvalue weighted by atomic mass is 10.1. The van der Waals surface area contributed by atoms with Gasteiger partial charge in [0.1, 0.15) is 18.2 Å². The Kier molecular flexibility index (Phi) is 3.34. The Morgan fingerprint density at radius 2 is 2.17 bits per heavy atom. The van der Waals surface area contributed by atoms with Gasteiger partial charge in [-0.2, -0.15) is 5.10 Å². The molecule has 23 heavy (non-hydrogen) atoms. The molecule has 1 aliphatic heterocycles. The van der Waals surface area contributed by atoms with Crippen molar-refractivity contribution in [2.45, 2.75) is 0 Å². The van der Waals surface area contributed by atoms with Gasteiger partial charge in [-0.15, -0.1) is 0 Å². The Hall–Kier alpha value is -2.34. The first-order valence-electron chi connectivity index (χ1n) is 7.15. The van der Waals surface area contributed by atoms with E-state index in [9.17, 15) is 4.39 Å². The Balaban J connectivity index is 1.75. The van der Waals surface area contributed by atoms with E-state index in [1.165, 1.54) is 12.1 Å². The zero-order valence-corrected chi connectivity index (χ0v) is 13.8. The van der Waals surface area contributed by atoms with E-state index in [4.69, 9.17) is 4.74 Å². The van der Waals surface area contributed by atoms with Crippen molar-refractivity contribution in [1.29, 1.82) is 0 Å². The SMILES string of the molecule is C=C(c1ccn2ncc(Br)c2c1)N1CCOc2cc(F)ccc21. The van der Waals surface area contributed by atoms with E-state index in [0.29, 0.717) is 18.9 Å². The van der Waals surface area contributed by atoms with Crippen molar-refractivity contribution in [3.63, 3.8) is 0 Å². The highest BCUT2D eigenvalue weighted by Crippen LogP contribution is 2.36. The summed E-state index contributed by atoms with van der Waals surface area (Å²) in [5, 5.41) is 4.24. The zero-order valence-electron chi connectivity index (χ0n) is 12.2. The first-order valence-corrected chi connectivity index (χ1v) is 7.95. The van der Waals surface area contributed by atoms with Crippen LogP contribution in [0.5, 0.6) is 5.75 Å². The molecule has 0 radical (unpaired) electrons. The van der Waals surface area contributed by atoms with Crippen molar-refractivity contribution in [3.05, 3.63) is 65.2 Å². The highest BCUT2D eigenvalue weighted by atomic mass is 79.9. The number of ether oxygens (including phenoxy) is 1. The maximum Gasteiger partial charge on any atom is 0.145 e. The minimum Gasteiger partial charge on any atom is -0.489 e. The number of fused-ring (bicyclic) bond motifs is 2. The second kappa shape index (κ2) is 5.38. The zero-order chi connectivity index (χ0) is 16.0. The molecule has 0 spiro atoms. The average molecular weight is 374 g/mol. The Labute approximate surface area is 140 Å². The predicted octanol–water partition coefficient (Wildman–Crippen LogP) is 4.11. The molecule has 0 saturated carbocycles. The molecule has 4 rings (SSSR count). The number of hydrogen-bond donors (Lipinski definition) is 0. The third kappa shape index (κ3) is 2.39. The third-order valence-corrected chi connectivity index (χ3v) is 4.53. The van der Waals surface area contributed by atoms with Crippen LogP contribution in [0.1, 0.15) is 5.56 Å². The molecule has 0 saturated heterocycles. The number of benzene rings is 1. The van der Waals surface area contributed by atoms with Gasteiger partial charge in [0.05, 0.1) is 28.4 Å². The van der Waals surface area contributed by atoms with Gasteiger partial charge in [0, 0.05) is 23.5 Å². The van der Waals surface area contributed by atoms with Gasteiger partial charge in [-0.25, -0.2) is 8.91 Å². The number of hydrogen-bond acceptors (Lipinski definition) is 3. The van der Waals surface area contributed by atoms with E-state index in [1.54, 1.807) is 16.8 Å². The Morgan fingerprint density at radius 1 is 1.30 bits per heavy atom. The Bertz CT molecular complexity index is 921. The quantitative estimate of drug-likeness (QED) is 0.677. The monoisotopic (exact) mass is 373 g/mol. The molecule has 0 fully saturated rings. The summed E-state index contributed by atoms with van der Waals surface area (Å²) < 4.78 is 21.7. The van der Waals surface area contributed by atoms with E-state index < -0.39 is 0 Å². The third-order valence-electron chi connectivity index (χ3n) is 3.92. The molecule has 0 atom stereocenters. The second-order valence-corrected chi connectivity index (χ2v) is 6.15. The molecule has 4 nitrogen and oxygen atoms in total. The maximum atomic E-state index is 13.4. The van der Waals surface area contributed by atoms with Gasteiger partial charge in [0.2, 0.25) is 0 Å². The highest BCUT2D eigenvalue weighted by Gasteiger charge is 2.21. The molecular weight excluding hydrogens is 361 g/mol. The molecular formula is C17H13BrFN3O. The minimum absolute atomic E-state index is 0.305. The molecule has 6 heteroatoms. The topological polar surface area (TPSA) is 29.8 Å². The van der Waals surface area contributed by atoms with Crippen molar-refractivity contribution in [2.75, 3.05) is 18.1 Å². The predicted molar refractivity (Wildman–Crippen MR) is 91.2 cm³/mol. The summed E-state index contributed by atoms with van der Waals surface area (Å²) in [5.41, 5.74) is 3.62. The standard InChI is InChI=1S/C17H13BrFN3O/c1-11(12-4-5-22-16(8-12)14(18)10-20-22)21-6-7-23-17-9-13(19)2-3-15(17)21/h2-5,8-10H,1,6-7H2. The first-order chi connectivity index (χ1) is 11.1. The van der Waals surface area contributed by atoms with Gasteiger partial charge >= 0.3 is 0 Å². The van der Waals surface area contributed by atoms with Gasteiger partial charge in [-0.1, -0.05) is 6.58 Å². The first kappa shape index (κ1) is 14.3. The number of anilines is 1. The lowest BCUT2D eigenvalue weighted by Crippen LogP contribution is -2.31. The summed E-state index contributed by atoms with van der Waals surface area (Å²) in [6.07, 6.45) is 3.65. The van der Waals surface area contributed by atoms with Gasteiger partial charge in [0.25, 0.3) is 0 Å². The molecule has 2 aromatic heterocycles.